The van der Waals surface area contributed by atoms with Crippen molar-refractivity contribution in [3.05, 3.63) is 63.5 Å². The molecule has 3 rings (SSSR count). The standard InChI is InChI=1S/C21H23N3O2S3/c1-5-10-27-16-9-7-6-8-15(16)22-19(25)14(4)28-11-17-23-20(26)18-12(2)13(3)29-21(18)24-17/h5-9,14H,1,10-11H2,2-4H3,(H,22,25)(H,23,24,26). The number of aromatic amines is 1. The third kappa shape index (κ3) is 5.12. The molecule has 3 aromatic rings. The lowest BCUT2D eigenvalue weighted by atomic mass is 10.2. The molecule has 1 unspecified atom stereocenters. The fourth-order valence-corrected chi connectivity index (χ4v) is 5.28. The van der Waals surface area contributed by atoms with E-state index in [0.717, 1.165) is 31.6 Å². The van der Waals surface area contributed by atoms with Crippen molar-refractivity contribution in [1.29, 1.82) is 0 Å². The van der Waals surface area contributed by atoms with Crippen LogP contribution in [0.3, 0.4) is 0 Å². The highest BCUT2D eigenvalue weighted by molar-refractivity contribution is 8.00. The molecule has 1 atom stereocenters. The van der Waals surface area contributed by atoms with Crippen LogP contribution in [0.1, 0.15) is 23.2 Å². The molecule has 0 spiro atoms. The molecule has 0 aliphatic heterocycles. The first kappa shape index (κ1) is 21.7. The number of benzene rings is 1. The first-order chi connectivity index (χ1) is 13.9. The molecule has 2 N–H and O–H groups in total. The summed E-state index contributed by atoms with van der Waals surface area (Å²) in [5.41, 5.74) is 1.67. The summed E-state index contributed by atoms with van der Waals surface area (Å²) in [6, 6.07) is 7.73. The van der Waals surface area contributed by atoms with Crippen molar-refractivity contribution in [2.45, 2.75) is 36.7 Å². The maximum Gasteiger partial charge on any atom is 0.259 e. The van der Waals surface area contributed by atoms with E-state index >= 15 is 0 Å². The lowest BCUT2D eigenvalue weighted by Gasteiger charge is -2.14. The number of H-pyrrole nitrogens is 1. The van der Waals surface area contributed by atoms with Gasteiger partial charge in [0.1, 0.15) is 10.7 Å². The highest BCUT2D eigenvalue weighted by Crippen LogP contribution is 2.29. The van der Waals surface area contributed by atoms with E-state index in [9.17, 15) is 9.59 Å². The van der Waals surface area contributed by atoms with Gasteiger partial charge in [0.2, 0.25) is 5.91 Å². The summed E-state index contributed by atoms with van der Waals surface area (Å²) >= 11 is 4.60. The zero-order valence-electron chi connectivity index (χ0n) is 16.6. The van der Waals surface area contributed by atoms with E-state index in [1.165, 1.54) is 23.1 Å². The van der Waals surface area contributed by atoms with Crippen LogP contribution in [-0.2, 0) is 10.5 Å². The Hall–Kier alpha value is -2.03. The highest BCUT2D eigenvalue weighted by atomic mass is 32.2. The number of anilines is 1. The first-order valence-electron chi connectivity index (χ1n) is 9.14. The number of aromatic nitrogens is 2. The van der Waals surface area contributed by atoms with E-state index < -0.39 is 0 Å². The van der Waals surface area contributed by atoms with Crippen molar-refractivity contribution in [3.8, 4) is 0 Å². The van der Waals surface area contributed by atoms with Gasteiger partial charge >= 0.3 is 0 Å². The van der Waals surface area contributed by atoms with Crippen LogP contribution >= 0.6 is 34.9 Å². The van der Waals surface area contributed by atoms with E-state index in [1.807, 2.05) is 51.1 Å². The first-order valence-corrected chi connectivity index (χ1v) is 12.0. The Balaban J connectivity index is 1.66. The van der Waals surface area contributed by atoms with E-state index in [-0.39, 0.29) is 16.7 Å². The maximum absolute atomic E-state index is 12.6. The minimum Gasteiger partial charge on any atom is -0.324 e. The highest BCUT2D eigenvalue weighted by Gasteiger charge is 2.17. The predicted octanol–water partition coefficient (Wildman–Crippen LogP) is 5.14. The molecule has 0 aliphatic carbocycles. The Morgan fingerprint density at radius 2 is 2.14 bits per heavy atom. The third-order valence-electron chi connectivity index (χ3n) is 4.43. The number of nitrogens with zero attached hydrogens (tertiary/aromatic N) is 1. The van der Waals surface area contributed by atoms with Crippen molar-refractivity contribution in [2.24, 2.45) is 0 Å². The van der Waals surface area contributed by atoms with Crippen LogP contribution in [0.2, 0.25) is 0 Å². The quantitative estimate of drug-likeness (QED) is 0.371. The number of nitrogens with one attached hydrogen (secondary N) is 2. The van der Waals surface area contributed by atoms with Crippen LogP contribution in [0.4, 0.5) is 5.69 Å². The summed E-state index contributed by atoms with van der Waals surface area (Å²) in [5, 5.41) is 3.38. The van der Waals surface area contributed by atoms with E-state index in [4.69, 9.17) is 0 Å². The van der Waals surface area contributed by atoms with Crippen molar-refractivity contribution in [1.82, 2.24) is 9.97 Å². The topological polar surface area (TPSA) is 74.8 Å². The summed E-state index contributed by atoms with van der Waals surface area (Å²) in [6.07, 6.45) is 1.84. The zero-order chi connectivity index (χ0) is 21.0. The number of rotatable bonds is 8. The van der Waals surface area contributed by atoms with E-state index in [2.05, 4.69) is 21.9 Å². The van der Waals surface area contributed by atoms with Crippen molar-refractivity contribution < 1.29 is 4.79 Å². The number of hydrogen-bond donors (Lipinski definition) is 2. The molecule has 0 radical (unpaired) electrons. The molecule has 0 saturated carbocycles. The van der Waals surface area contributed by atoms with Gasteiger partial charge in [-0.1, -0.05) is 18.2 Å². The second kappa shape index (κ2) is 9.65. The Bertz CT molecular complexity index is 1100. The smallest absolute Gasteiger partial charge is 0.259 e. The molecule has 2 heterocycles. The lowest BCUT2D eigenvalue weighted by molar-refractivity contribution is -0.115. The van der Waals surface area contributed by atoms with Crippen LogP contribution in [0, 0.1) is 13.8 Å². The lowest BCUT2D eigenvalue weighted by Crippen LogP contribution is -2.23. The molecule has 5 nitrogen and oxygen atoms in total. The van der Waals surface area contributed by atoms with Crippen LogP contribution in [0.25, 0.3) is 10.2 Å². The molecule has 1 aromatic carbocycles. The molecule has 29 heavy (non-hydrogen) atoms. The van der Waals surface area contributed by atoms with Gasteiger partial charge in [-0.15, -0.1) is 41.4 Å². The second-order valence-electron chi connectivity index (χ2n) is 6.51. The van der Waals surface area contributed by atoms with Gasteiger partial charge in [-0.2, -0.15) is 0 Å². The summed E-state index contributed by atoms with van der Waals surface area (Å²) < 4.78 is 0. The number of thiophene rings is 1. The SMILES string of the molecule is C=CCSc1ccccc1NC(=O)C(C)SCc1nc2sc(C)c(C)c2c(=O)[nH]1. The van der Waals surface area contributed by atoms with Gasteiger partial charge in [-0.05, 0) is 38.5 Å². The second-order valence-corrected chi connectivity index (χ2v) is 10.1. The molecule has 0 fully saturated rings. The Morgan fingerprint density at radius 3 is 2.90 bits per heavy atom. The molecule has 2 aromatic heterocycles. The number of aryl methyl sites for hydroxylation is 2. The normalized spacial score (nSPS) is 12.1. The van der Waals surface area contributed by atoms with Gasteiger partial charge in [0.15, 0.2) is 0 Å². The minimum atomic E-state index is -0.291. The van der Waals surface area contributed by atoms with Crippen LogP contribution < -0.4 is 10.9 Å². The molecule has 8 heteroatoms. The largest absolute Gasteiger partial charge is 0.324 e. The summed E-state index contributed by atoms with van der Waals surface area (Å²) in [5.74, 6) is 1.76. The minimum absolute atomic E-state index is 0.0760. The summed E-state index contributed by atoms with van der Waals surface area (Å²) in [6.45, 7) is 9.53. The fourth-order valence-electron chi connectivity index (χ4n) is 2.73. The van der Waals surface area contributed by atoms with Crippen LogP contribution in [0.15, 0.2) is 46.6 Å². The van der Waals surface area contributed by atoms with Gasteiger partial charge in [-0.3, -0.25) is 9.59 Å². The monoisotopic (exact) mass is 445 g/mol. The summed E-state index contributed by atoms with van der Waals surface area (Å²) in [7, 11) is 0. The molecule has 0 aliphatic rings. The number of thioether (sulfide) groups is 2. The maximum atomic E-state index is 12.6. The molecule has 1 amide bonds. The predicted molar refractivity (Wildman–Crippen MR) is 126 cm³/mol. The number of amides is 1. The van der Waals surface area contributed by atoms with E-state index in [0.29, 0.717) is 17.0 Å². The number of carbonyl (C=O) groups excluding carboxylic acids is 1. The molecular formula is C21H23N3O2S3. The average Bonchev–Trinajstić information content (AvgIpc) is 2.99. The van der Waals surface area contributed by atoms with Crippen molar-refractivity contribution in [3.63, 3.8) is 0 Å². The molecule has 0 bridgehead atoms. The number of hydrogen-bond acceptors (Lipinski definition) is 6. The number of carbonyl (C=O) groups is 1. The van der Waals surface area contributed by atoms with Crippen molar-refractivity contribution in [2.75, 3.05) is 11.1 Å². The van der Waals surface area contributed by atoms with Crippen LogP contribution in [-0.4, -0.2) is 26.9 Å². The number of fused-ring (bicyclic) bond motifs is 1. The zero-order valence-corrected chi connectivity index (χ0v) is 19.0. The van der Waals surface area contributed by atoms with Gasteiger partial charge in [-0.25, -0.2) is 4.98 Å². The van der Waals surface area contributed by atoms with Crippen molar-refractivity contribution >= 4 is 56.7 Å². The van der Waals surface area contributed by atoms with Gasteiger partial charge in [0, 0.05) is 15.5 Å². The Labute approximate surface area is 182 Å². The average molecular weight is 446 g/mol. The molecule has 152 valence electrons. The van der Waals surface area contributed by atoms with Crippen LogP contribution in [0.5, 0.6) is 0 Å². The molecule has 0 saturated heterocycles. The Kier molecular flexibility index (Phi) is 7.21. The van der Waals surface area contributed by atoms with E-state index in [1.54, 1.807) is 11.8 Å². The Morgan fingerprint density at radius 1 is 1.38 bits per heavy atom. The summed E-state index contributed by atoms with van der Waals surface area (Å²) in [4.78, 5) is 35.3. The van der Waals surface area contributed by atoms with Gasteiger partial charge < -0.3 is 10.3 Å². The van der Waals surface area contributed by atoms with Gasteiger partial charge in [0.25, 0.3) is 5.56 Å². The fraction of sp³-hybridized carbons (Fsp3) is 0.286. The number of para-hydroxylation sites is 1. The van der Waals surface area contributed by atoms with Gasteiger partial charge in [0.05, 0.1) is 22.1 Å². The molecular weight excluding hydrogens is 422 g/mol. The third-order valence-corrected chi connectivity index (χ3v) is 7.75.